The highest BCUT2D eigenvalue weighted by Gasteiger charge is 2.28. The van der Waals surface area contributed by atoms with Crippen molar-refractivity contribution < 1.29 is 9.21 Å². The van der Waals surface area contributed by atoms with Crippen LogP contribution in [0.3, 0.4) is 0 Å². The van der Waals surface area contributed by atoms with Gasteiger partial charge in [0.2, 0.25) is 0 Å². The minimum Gasteiger partial charge on any atom is -0.467 e. The predicted octanol–water partition coefficient (Wildman–Crippen LogP) is 4.07. The summed E-state index contributed by atoms with van der Waals surface area (Å²) in [5.41, 5.74) is 0. The van der Waals surface area contributed by atoms with Gasteiger partial charge in [0, 0.05) is 4.88 Å². The number of furan rings is 1. The fourth-order valence-corrected chi connectivity index (χ4v) is 3.82. The summed E-state index contributed by atoms with van der Waals surface area (Å²) < 4.78 is 5.22. The Kier molecular flexibility index (Phi) is 4.60. The van der Waals surface area contributed by atoms with Crippen LogP contribution in [0.25, 0.3) is 0 Å². The molecule has 0 aliphatic heterocycles. The standard InChI is InChI=1S/C16H20N2O2S/c19-16(17-11-13-7-3-9-20-13)18-15(12-5-1-2-6-12)14-8-4-10-21-14/h3-4,7-10,12,15H,1-2,5-6,11H2,(H2,17,18,19). The Hall–Kier alpha value is -1.75. The topological polar surface area (TPSA) is 54.3 Å². The second kappa shape index (κ2) is 6.80. The molecule has 1 unspecified atom stereocenters. The third kappa shape index (κ3) is 3.67. The Bertz CT molecular complexity index is 545. The lowest BCUT2D eigenvalue weighted by Gasteiger charge is -2.23. The molecule has 1 aliphatic carbocycles. The van der Waals surface area contributed by atoms with Crippen LogP contribution in [0.4, 0.5) is 4.79 Å². The van der Waals surface area contributed by atoms with Crippen LogP contribution >= 0.6 is 11.3 Å². The lowest BCUT2D eigenvalue weighted by atomic mass is 9.97. The Morgan fingerprint density at radius 2 is 2.19 bits per heavy atom. The highest BCUT2D eigenvalue weighted by atomic mass is 32.1. The van der Waals surface area contributed by atoms with E-state index in [0.29, 0.717) is 12.5 Å². The first-order valence-corrected chi connectivity index (χ1v) is 8.31. The third-order valence-corrected chi connectivity index (χ3v) is 4.97. The van der Waals surface area contributed by atoms with Gasteiger partial charge in [0.1, 0.15) is 5.76 Å². The molecule has 2 amide bonds. The third-order valence-electron chi connectivity index (χ3n) is 4.01. The van der Waals surface area contributed by atoms with Crippen LogP contribution < -0.4 is 10.6 Å². The zero-order chi connectivity index (χ0) is 14.5. The van der Waals surface area contributed by atoms with Crippen LogP contribution in [0.2, 0.25) is 0 Å². The van der Waals surface area contributed by atoms with Crippen LogP contribution in [0, 0.1) is 5.92 Å². The van der Waals surface area contributed by atoms with Crippen molar-refractivity contribution in [2.75, 3.05) is 0 Å². The molecule has 2 heterocycles. The van der Waals surface area contributed by atoms with E-state index >= 15 is 0 Å². The van der Waals surface area contributed by atoms with Gasteiger partial charge in [-0.1, -0.05) is 18.9 Å². The van der Waals surface area contributed by atoms with Gasteiger partial charge < -0.3 is 15.1 Å². The van der Waals surface area contributed by atoms with Crippen molar-refractivity contribution in [2.24, 2.45) is 5.92 Å². The van der Waals surface area contributed by atoms with Crippen molar-refractivity contribution in [3.05, 3.63) is 46.5 Å². The Balaban J connectivity index is 1.59. The van der Waals surface area contributed by atoms with E-state index in [1.165, 1.54) is 30.6 Å². The normalized spacial score (nSPS) is 16.8. The summed E-state index contributed by atoms with van der Waals surface area (Å²) >= 11 is 1.71. The zero-order valence-corrected chi connectivity index (χ0v) is 12.7. The van der Waals surface area contributed by atoms with E-state index in [1.54, 1.807) is 17.6 Å². The number of hydrogen-bond donors (Lipinski definition) is 2. The maximum absolute atomic E-state index is 12.1. The molecule has 112 valence electrons. The summed E-state index contributed by atoms with van der Waals surface area (Å²) in [4.78, 5) is 13.4. The van der Waals surface area contributed by atoms with Crippen LogP contribution in [-0.4, -0.2) is 6.03 Å². The maximum atomic E-state index is 12.1. The minimum atomic E-state index is -0.128. The molecule has 1 fully saturated rings. The predicted molar refractivity (Wildman–Crippen MR) is 83.1 cm³/mol. The van der Waals surface area contributed by atoms with E-state index in [-0.39, 0.29) is 12.1 Å². The van der Waals surface area contributed by atoms with Crippen molar-refractivity contribution in [1.82, 2.24) is 10.6 Å². The highest BCUT2D eigenvalue weighted by Crippen LogP contribution is 2.37. The number of rotatable bonds is 5. The number of urea groups is 1. The summed E-state index contributed by atoms with van der Waals surface area (Å²) in [6.07, 6.45) is 6.54. The molecule has 0 saturated heterocycles. The second-order valence-corrected chi connectivity index (χ2v) is 6.42. The van der Waals surface area contributed by atoms with E-state index in [4.69, 9.17) is 4.42 Å². The number of amides is 2. The molecule has 4 nitrogen and oxygen atoms in total. The second-order valence-electron chi connectivity index (χ2n) is 5.44. The van der Waals surface area contributed by atoms with E-state index in [0.717, 1.165) is 5.76 Å². The summed E-state index contributed by atoms with van der Waals surface area (Å²) in [6.45, 7) is 0.417. The van der Waals surface area contributed by atoms with Crippen LogP contribution in [0.1, 0.15) is 42.4 Å². The first kappa shape index (κ1) is 14.2. The molecule has 1 aliphatic rings. The minimum absolute atomic E-state index is 0.128. The lowest BCUT2D eigenvalue weighted by Crippen LogP contribution is -2.39. The summed E-state index contributed by atoms with van der Waals surface area (Å²) in [5, 5.41) is 8.07. The Morgan fingerprint density at radius 1 is 1.33 bits per heavy atom. The van der Waals surface area contributed by atoms with Gasteiger partial charge in [-0.15, -0.1) is 11.3 Å². The molecular formula is C16H20N2O2S. The molecule has 5 heteroatoms. The summed E-state index contributed by atoms with van der Waals surface area (Å²) in [5.74, 6) is 1.32. The van der Waals surface area contributed by atoms with Crippen LogP contribution in [0.5, 0.6) is 0 Å². The van der Waals surface area contributed by atoms with Crippen molar-refractivity contribution >= 4 is 17.4 Å². The lowest BCUT2D eigenvalue weighted by molar-refractivity contribution is 0.230. The molecular weight excluding hydrogens is 284 g/mol. The van der Waals surface area contributed by atoms with Crippen LogP contribution in [0.15, 0.2) is 40.3 Å². The number of carbonyl (C=O) groups excluding carboxylic acids is 1. The van der Waals surface area contributed by atoms with Gasteiger partial charge in [-0.05, 0) is 42.3 Å². The van der Waals surface area contributed by atoms with Gasteiger partial charge in [-0.3, -0.25) is 0 Å². The molecule has 0 bridgehead atoms. The average Bonchev–Trinajstić information content (AvgIpc) is 3.26. The monoisotopic (exact) mass is 304 g/mol. The molecule has 3 rings (SSSR count). The largest absolute Gasteiger partial charge is 0.467 e. The molecule has 0 aromatic carbocycles. The number of carbonyl (C=O) groups is 1. The number of thiophene rings is 1. The van der Waals surface area contributed by atoms with Gasteiger partial charge in [-0.2, -0.15) is 0 Å². The average molecular weight is 304 g/mol. The van der Waals surface area contributed by atoms with Gasteiger partial charge in [0.15, 0.2) is 0 Å². The van der Waals surface area contributed by atoms with E-state index < -0.39 is 0 Å². The smallest absolute Gasteiger partial charge is 0.315 e. The van der Waals surface area contributed by atoms with Crippen molar-refractivity contribution in [2.45, 2.75) is 38.3 Å². The first-order valence-electron chi connectivity index (χ1n) is 7.43. The molecule has 2 aromatic rings. The first-order chi connectivity index (χ1) is 10.3. The summed E-state index contributed by atoms with van der Waals surface area (Å²) in [6, 6.07) is 7.83. The van der Waals surface area contributed by atoms with E-state index in [1.807, 2.05) is 18.2 Å². The SMILES string of the molecule is O=C(NCc1ccco1)NC(c1cccs1)C1CCCC1. The maximum Gasteiger partial charge on any atom is 0.315 e. The molecule has 1 saturated carbocycles. The number of hydrogen-bond acceptors (Lipinski definition) is 3. The van der Waals surface area contributed by atoms with Gasteiger partial charge >= 0.3 is 6.03 Å². The van der Waals surface area contributed by atoms with Gasteiger partial charge in [0.05, 0.1) is 18.8 Å². The fourth-order valence-electron chi connectivity index (χ4n) is 2.95. The molecule has 1 atom stereocenters. The molecule has 2 aromatic heterocycles. The number of nitrogens with one attached hydrogen (secondary N) is 2. The molecule has 0 radical (unpaired) electrons. The molecule has 21 heavy (non-hydrogen) atoms. The highest BCUT2D eigenvalue weighted by molar-refractivity contribution is 7.10. The Labute approximate surface area is 128 Å². The van der Waals surface area contributed by atoms with Crippen LogP contribution in [-0.2, 0) is 6.54 Å². The zero-order valence-electron chi connectivity index (χ0n) is 11.9. The van der Waals surface area contributed by atoms with E-state index in [9.17, 15) is 4.79 Å². The van der Waals surface area contributed by atoms with Crippen molar-refractivity contribution in [3.8, 4) is 0 Å². The molecule has 2 N–H and O–H groups in total. The van der Waals surface area contributed by atoms with E-state index in [2.05, 4.69) is 22.1 Å². The molecule has 0 spiro atoms. The van der Waals surface area contributed by atoms with Gasteiger partial charge in [-0.25, -0.2) is 4.79 Å². The quantitative estimate of drug-likeness (QED) is 0.874. The Morgan fingerprint density at radius 3 is 2.86 bits per heavy atom. The van der Waals surface area contributed by atoms with Gasteiger partial charge in [0.25, 0.3) is 0 Å². The fraction of sp³-hybridized carbons (Fsp3) is 0.438. The van der Waals surface area contributed by atoms with Crippen molar-refractivity contribution in [3.63, 3.8) is 0 Å². The van der Waals surface area contributed by atoms with Crippen molar-refractivity contribution in [1.29, 1.82) is 0 Å². The summed E-state index contributed by atoms with van der Waals surface area (Å²) in [7, 11) is 0.